The van der Waals surface area contributed by atoms with Crippen molar-refractivity contribution in [2.45, 2.75) is 51.9 Å². The molecule has 0 bridgehead atoms. The molecule has 0 aliphatic carbocycles. The molecule has 0 radical (unpaired) electrons. The van der Waals surface area contributed by atoms with E-state index in [1.807, 2.05) is 24.3 Å². The van der Waals surface area contributed by atoms with E-state index in [0.29, 0.717) is 18.1 Å². The van der Waals surface area contributed by atoms with Crippen molar-refractivity contribution in [2.75, 3.05) is 5.73 Å². The van der Waals surface area contributed by atoms with Crippen LogP contribution in [0, 0.1) is 0 Å². The molecule has 0 saturated heterocycles. The van der Waals surface area contributed by atoms with E-state index in [2.05, 4.69) is 13.8 Å². The average Bonchev–Trinajstić information content (AvgIpc) is 2.30. The maximum Gasteiger partial charge on any atom is 0.133 e. The van der Waals surface area contributed by atoms with Crippen molar-refractivity contribution in [1.29, 1.82) is 0 Å². The van der Waals surface area contributed by atoms with Gasteiger partial charge in [-0.1, -0.05) is 38.8 Å². The zero-order chi connectivity index (χ0) is 12.7. The monoisotopic (exact) mass is 233 g/mol. The number of benzene rings is 1. The molecule has 0 spiro atoms. The van der Waals surface area contributed by atoms with Crippen LogP contribution in [-0.4, -0.2) is 5.78 Å². The van der Waals surface area contributed by atoms with Crippen molar-refractivity contribution in [3.8, 4) is 0 Å². The van der Waals surface area contributed by atoms with E-state index in [-0.39, 0.29) is 0 Å². The van der Waals surface area contributed by atoms with E-state index in [1.54, 1.807) is 0 Å². The van der Waals surface area contributed by atoms with E-state index < -0.39 is 0 Å². The predicted octanol–water partition coefficient (Wildman–Crippen LogP) is 3.91. The highest BCUT2D eigenvalue weighted by Gasteiger charge is 2.10. The van der Waals surface area contributed by atoms with Gasteiger partial charge >= 0.3 is 0 Å². The SMILES string of the molecule is CCCCCC(=O)CC(C)c1ccc(N)cc1. The van der Waals surface area contributed by atoms with Gasteiger partial charge in [-0.15, -0.1) is 0 Å². The molecule has 0 heterocycles. The lowest BCUT2D eigenvalue weighted by molar-refractivity contribution is -0.119. The van der Waals surface area contributed by atoms with Crippen LogP contribution >= 0.6 is 0 Å². The molecule has 17 heavy (non-hydrogen) atoms. The third kappa shape index (κ3) is 5.03. The zero-order valence-corrected chi connectivity index (χ0v) is 10.9. The van der Waals surface area contributed by atoms with Crippen molar-refractivity contribution in [2.24, 2.45) is 0 Å². The first-order valence-electron chi connectivity index (χ1n) is 6.50. The summed E-state index contributed by atoms with van der Waals surface area (Å²) in [6.07, 6.45) is 4.73. The largest absolute Gasteiger partial charge is 0.399 e. The summed E-state index contributed by atoms with van der Waals surface area (Å²) in [5.41, 5.74) is 7.61. The summed E-state index contributed by atoms with van der Waals surface area (Å²) in [5.74, 6) is 0.674. The van der Waals surface area contributed by atoms with Gasteiger partial charge in [0.15, 0.2) is 0 Å². The van der Waals surface area contributed by atoms with E-state index in [9.17, 15) is 4.79 Å². The number of Topliss-reactive ketones (excluding diaryl/α,β-unsaturated/α-hetero) is 1. The van der Waals surface area contributed by atoms with Crippen LogP contribution in [0.5, 0.6) is 0 Å². The molecule has 2 nitrogen and oxygen atoms in total. The van der Waals surface area contributed by atoms with Crippen molar-refractivity contribution in [1.82, 2.24) is 0 Å². The number of unbranched alkanes of at least 4 members (excludes halogenated alkanes) is 2. The molecule has 0 aliphatic rings. The summed E-state index contributed by atoms with van der Waals surface area (Å²) in [7, 11) is 0. The number of rotatable bonds is 7. The van der Waals surface area contributed by atoms with Crippen molar-refractivity contribution in [3.05, 3.63) is 29.8 Å². The third-order valence-electron chi connectivity index (χ3n) is 3.10. The topological polar surface area (TPSA) is 43.1 Å². The molecule has 0 aromatic heterocycles. The second-order valence-corrected chi connectivity index (χ2v) is 4.77. The number of carbonyl (C=O) groups is 1. The molecule has 0 amide bonds. The lowest BCUT2D eigenvalue weighted by atomic mass is 9.94. The number of carbonyl (C=O) groups excluding carboxylic acids is 1. The molecule has 2 N–H and O–H groups in total. The van der Waals surface area contributed by atoms with Crippen LogP contribution in [0.4, 0.5) is 5.69 Å². The van der Waals surface area contributed by atoms with Crippen LogP contribution in [0.15, 0.2) is 24.3 Å². The first kappa shape index (κ1) is 13.8. The Bertz CT molecular complexity index is 342. The second kappa shape index (κ2) is 7.10. The summed E-state index contributed by atoms with van der Waals surface area (Å²) < 4.78 is 0. The van der Waals surface area contributed by atoms with Crippen LogP contribution in [0.3, 0.4) is 0 Å². The Kier molecular flexibility index (Phi) is 5.75. The molecule has 2 heteroatoms. The van der Waals surface area contributed by atoms with Crippen molar-refractivity contribution in [3.63, 3.8) is 0 Å². The highest BCUT2D eigenvalue weighted by Crippen LogP contribution is 2.21. The van der Waals surface area contributed by atoms with Gasteiger partial charge in [0.2, 0.25) is 0 Å². The molecule has 1 aromatic rings. The Labute approximate surface area is 104 Å². The van der Waals surface area contributed by atoms with Gasteiger partial charge in [-0.25, -0.2) is 0 Å². The van der Waals surface area contributed by atoms with Gasteiger partial charge < -0.3 is 5.73 Å². The van der Waals surface area contributed by atoms with Gasteiger partial charge in [-0.3, -0.25) is 4.79 Å². The first-order valence-corrected chi connectivity index (χ1v) is 6.50. The van der Waals surface area contributed by atoms with Gasteiger partial charge in [0.25, 0.3) is 0 Å². The summed E-state index contributed by atoms with van der Waals surface area (Å²) in [4.78, 5) is 11.7. The van der Waals surface area contributed by atoms with E-state index in [4.69, 9.17) is 5.73 Å². The Morgan fingerprint density at radius 1 is 1.24 bits per heavy atom. The van der Waals surface area contributed by atoms with Gasteiger partial charge in [0.05, 0.1) is 0 Å². The minimum absolute atomic E-state index is 0.296. The minimum atomic E-state index is 0.296. The fourth-order valence-corrected chi connectivity index (χ4v) is 1.96. The average molecular weight is 233 g/mol. The lowest BCUT2D eigenvalue weighted by Gasteiger charge is -2.11. The molecule has 0 aliphatic heterocycles. The fraction of sp³-hybridized carbons (Fsp3) is 0.533. The molecule has 1 unspecified atom stereocenters. The highest BCUT2D eigenvalue weighted by molar-refractivity contribution is 5.79. The van der Waals surface area contributed by atoms with Gasteiger partial charge in [0, 0.05) is 18.5 Å². The Balaban J connectivity index is 2.40. The summed E-state index contributed by atoms with van der Waals surface area (Å²) in [5, 5.41) is 0. The minimum Gasteiger partial charge on any atom is -0.399 e. The van der Waals surface area contributed by atoms with E-state index >= 15 is 0 Å². The first-order chi connectivity index (χ1) is 8.13. The van der Waals surface area contributed by atoms with Crippen molar-refractivity contribution < 1.29 is 4.79 Å². The molecule has 94 valence electrons. The van der Waals surface area contributed by atoms with Crippen LogP contribution in [0.25, 0.3) is 0 Å². The predicted molar refractivity (Wildman–Crippen MR) is 73.0 cm³/mol. The van der Waals surface area contributed by atoms with Gasteiger partial charge in [0.1, 0.15) is 5.78 Å². The summed E-state index contributed by atoms with van der Waals surface area (Å²) >= 11 is 0. The smallest absolute Gasteiger partial charge is 0.133 e. The highest BCUT2D eigenvalue weighted by atomic mass is 16.1. The molecule has 0 fully saturated rings. The number of hydrogen-bond donors (Lipinski definition) is 1. The Morgan fingerprint density at radius 3 is 2.47 bits per heavy atom. The summed E-state index contributed by atoms with van der Waals surface area (Å²) in [6.45, 7) is 4.25. The van der Waals surface area contributed by atoms with Crippen LogP contribution in [0.1, 0.15) is 57.4 Å². The summed E-state index contributed by atoms with van der Waals surface area (Å²) in [6, 6.07) is 7.82. The number of nitrogen functional groups attached to an aromatic ring is 1. The molecule has 1 atom stereocenters. The van der Waals surface area contributed by atoms with E-state index in [1.165, 1.54) is 12.0 Å². The van der Waals surface area contributed by atoms with Gasteiger partial charge in [-0.05, 0) is 30.0 Å². The Hall–Kier alpha value is -1.31. The molecular weight excluding hydrogens is 210 g/mol. The molecular formula is C15H23NO. The standard InChI is InChI=1S/C15H23NO/c1-3-4-5-6-15(17)11-12(2)13-7-9-14(16)10-8-13/h7-10,12H,3-6,11,16H2,1-2H3. The van der Waals surface area contributed by atoms with Crippen LogP contribution in [0.2, 0.25) is 0 Å². The molecule has 1 aromatic carbocycles. The maximum atomic E-state index is 11.7. The number of nitrogens with two attached hydrogens (primary N) is 1. The lowest BCUT2D eigenvalue weighted by Crippen LogP contribution is -2.04. The van der Waals surface area contributed by atoms with Crippen LogP contribution in [-0.2, 0) is 4.79 Å². The Morgan fingerprint density at radius 2 is 1.88 bits per heavy atom. The second-order valence-electron chi connectivity index (χ2n) is 4.77. The quantitative estimate of drug-likeness (QED) is 0.573. The third-order valence-corrected chi connectivity index (χ3v) is 3.10. The van der Waals surface area contributed by atoms with Crippen LogP contribution < -0.4 is 5.73 Å². The normalized spacial score (nSPS) is 12.4. The van der Waals surface area contributed by atoms with E-state index in [0.717, 1.165) is 24.9 Å². The maximum absolute atomic E-state index is 11.7. The number of hydrogen-bond acceptors (Lipinski definition) is 2. The van der Waals surface area contributed by atoms with Crippen molar-refractivity contribution >= 4 is 11.5 Å². The zero-order valence-electron chi connectivity index (χ0n) is 10.9. The molecule has 0 saturated carbocycles. The molecule has 1 rings (SSSR count). The van der Waals surface area contributed by atoms with Gasteiger partial charge in [-0.2, -0.15) is 0 Å². The number of anilines is 1. The fourth-order valence-electron chi connectivity index (χ4n) is 1.96. The number of ketones is 1.